The molecule has 4 nitrogen and oxygen atoms in total. The molecule has 2 atom stereocenters. The highest BCUT2D eigenvalue weighted by Gasteiger charge is 2.26. The summed E-state index contributed by atoms with van der Waals surface area (Å²) in [5, 5.41) is 0. The molecule has 1 saturated heterocycles. The standard InChI is InChI=1S/C16H20O4S/c1-3-16(17)15(11-13-5-4-10-20-13)12-6-8-14(9-7-12)21(2,18)19/h3,6-9,13,15H,1,4-5,10-11H2,2H3. The lowest BCUT2D eigenvalue weighted by Crippen LogP contribution is -2.18. The van der Waals surface area contributed by atoms with Gasteiger partial charge in [-0.1, -0.05) is 18.7 Å². The molecule has 1 heterocycles. The minimum atomic E-state index is -3.22. The number of ether oxygens (including phenoxy) is 1. The van der Waals surface area contributed by atoms with Crippen molar-refractivity contribution in [2.24, 2.45) is 0 Å². The Bertz CT molecular complexity index is 610. The van der Waals surface area contributed by atoms with Gasteiger partial charge in [-0.3, -0.25) is 4.79 Å². The molecule has 114 valence electrons. The number of rotatable bonds is 6. The Labute approximate surface area is 125 Å². The van der Waals surface area contributed by atoms with Crippen LogP contribution in [0, 0.1) is 0 Å². The second-order valence-electron chi connectivity index (χ2n) is 5.37. The first-order valence-corrected chi connectivity index (χ1v) is 8.89. The van der Waals surface area contributed by atoms with Crippen LogP contribution in [0.1, 0.15) is 30.7 Å². The summed E-state index contributed by atoms with van der Waals surface area (Å²) in [7, 11) is -3.22. The summed E-state index contributed by atoms with van der Waals surface area (Å²) in [6, 6.07) is 6.50. The van der Waals surface area contributed by atoms with Crippen LogP contribution in [0.15, 0.2) is 41.8 Å². The second kappa shape index (κ2) is 6.54. The van der Waals surface area contributed by atoms with Crippen LogP contribution in [0.4, 0.5) is 0 Å². The van der Waals surface area contributed by atoms with Crippen LogP contribution in [0.2, 0.25) is 0 Å². The van der Waals surface area contributed by atoms with Gasteiger partial charge in [-0.2, -0.15) is 0 Å². The Kier molecular flexibility index (Phi) is 4.96. The molecule has 1 aromatic carbocycles. The van der Waals surface area contributed by atoms with Gasteiger partial charge in [-0.15, -0.1) is 0 Å². The Morgan fingerprint density at radius 1 is 1.43 bits per heavy atom. The first-order chi connectivity index (χ1) is 9.91. The third-order valence-corrected chi connectivity index (χ3v) is 4.91. The number of sulfone groups is 1. The minimum Gasteiger partial charge on any atom is -0.378 e. The maximum Gasteiger partial charge on any atom is 0.175 e. The van der Waals surface area contributed by atoms with Crippen molar-refractivity contribution in [2.75, 3.05) is 12.9 Å². The highest BCUT2D eigenvalue weighted by molar-refractivity contribution is 7.90. The average Bonchev–Trinajstić information content (AvgIpc) is 2.96. The number of carbonyl (C=O) groups is 1. The van der Waals surface area contributed by atoms with Crippen molar-refractivity contribution in [1.82, 2.24) is 0 Å². The molecule has 0 aliphatic carbocycles. The Morgan fingerprint density at radius 3 is 2.57 bits per heavy atom. The molecule has 2 rings (SSSR count). The first kappa shape index (κ1) is 15.9. The molecule has 5 heteroatoms. The third-order valence-electron chi connectivity index (χ3n) is 3.78. The van der Waals surface area contributed by atoms with E-state index in [9.17, 15) is 13.2 Å². The van der Waals surface area contributed by atoms with Crippen LogP contribution in [0.25, 0.3) is 0 Å². The lowest BCUT2D eigenvalue weighted by Gasteiger charge is -2.18. The number of ketones is 1. The normalized spacial score (nSPS) is 20.1. The highest BCUT2D eigenvalue weighted by Crippen LogP contribution is 2.29. The molecule has 21 heavy (non-hydrogen) atoms. The van der Waals surface area contributed by atoms with Gasteiger partial charge >= 0.3 is 0 Å². The van der Waals surface area contributed by atoms with Gasteiger partial charge in [0.2, 0.25) is 0 Å². The average molecular weight is 308 g/mol. The van der Waals surface area contributed by atoms with Crippen LogP contribution in [0.3, 0.4) is 0 Å². The molecule has 0 saturated carbocycles. The predicted octanol–water partition coefficient (Wildman–Crippen LogP) is 2.50. The van der Waals surface area contributed by atoms with Gasteiger partial charge in [0.25, 0.3) is 0 Å². The van der Waals surface area contributed by atoms with E-state index in [4.69, 9.17) is 4.74 Å². The molecule has 1 aromatic rings. The predicted molar refractivity (Wildman–Crippen MR) is 81.1 cm³/mol. The number of benzene rings is 1. The monoisotopic (exact) mass is 308 g/mol. The fourth-order valence-electron chi connectivity index (χ4n) is 2.60. The quantitative estimate of drug-likeness (QED) is 0.758. The first-order valence-electron chi connectivity index (χ1n) is 6.99. The van der Waals surface area contributed by atoms with Gasteiger partial charge in [0.05, 0.1) is 11.0 Å². The summed E-state index contributed by atoms with van der Waals surface area (Å²) < 4.78 is 28.6. The van der Waals surface area contributed by atoms with Crippen molar-refractivity contribution < 1.29 is 17.9 Å². The van der Waals surface area contributed by atoms with E-state index < -0.39 is 9.84 Å². The van der Waals surface area contributed by atoms with E-state index in [1.807, 2.05) is 0 Å². The number of hydrogen-bond acceptors (Lipinski definition) is 4. The van der Waals surface area contributed by atoms with E-state index in [0.29, 0.717) is 6.42 Å². The molecule has 1 aliphatic heterocycles. The fourth-order valence-corrected chi connectivity index (χ4v) is 3.23. The van der Waals surface area contributed by atoms with Gasteiger partial charge < -0.3 is 4.74 Å². The number of allylic oxidation sites excluding steroid dienone is 1. The SMILES string of the molecule is C=CC(=O)C(CC1CCCO1)c1ccc(S(C)(=O)=O)cc1. The molecule has 0 N–H and O–H groups in total. The third kappa shape index (κ3) is 4.02. The largest absolute Gasteiger partial charge is 0.378 e. The van der Waals surface area contributed by atoms with Gasteiger partial charge in [-0.05, 0) is 43.0 Å². The van der Waals surface area contributed by atoms with E-state index in [-0.39, 0.29) is 22.7 Å². The molecule has 1 aliphatic rings. The summed E-state index contributed by atoms with van der Waals surface area (Å²) in [6.45, 7) is 4.29. The molecular formula is C16H20O4S. The molecule has 0 amide bonds. The molecule has 0 aromatic heterocycles. The van der Waals surface area contributed by atoms with Gasteiger partial charge in [0.1, 0.15) is 0 Å². The molecular weight excluding hydrogens is 288 g/mol. The van der Waals surface area contributed by atoms with Gasteiger partial charge in [-0.25, -0.2) is 8.42 Å². The smallest absolute Gasteiger partial charge is 0.175 e. The summed E-state index contributed by atoms with van der Waals surface area (Å²) in [6.07, 6.45) is 5.18. The minimum absolute atomic E-state index is 0.0578. The Morgan fingerprint density at radius 2 is 2.10 bits per heavy atom. The van der Waals surface area contributed by atoms with E-state index in [1.54, 1.807) is 24.3 Å². The van der Waals surface area contributed by atoms with Crippen LogP contribution >= 0.6 is 0 Å². The molecule has 0 radical (unpaired) electrons. The van der Waals surface area contributed by atoms with Crippen LogP contribution in [0.5, 0.6) is 0 Å². The van der Waals surface area contributed by atoms with Crippen molar-refractivity contribution >= 4 is 15.6 Å². The number of hydrogen-bond donors (Lipinski definition) is 0. The van der Waals surface area contributed by atoms with Crippen LogP contribution in [-0.4, -0.2) is 33.2 Å². The van der Waals surface area contributed by atoms with Crippen molar-refractivity contribution in [3.63, 3.8) is 0 Å². The summed E-state index contributed by atoms with van der Waals surface area (Å²) in [5.41, 5.74) is 0.808. The van der Waals surface area contributed by atoms with Crippen molar-refractivity contribution in [2.45, 2.75) is 36.2 Å². The fraction of sp³-hybridized carbons (Fsp3) is 0.438. The lowest BCUT2D eigenvalue weighted by molar-refractivity contribution is -0.116. The number of carbonyl (C=O) groups excluding carboxylic acids is 1. The van der Waals surface area contributed by atoms with E-state index in [2.05, 4.69) is 6.58 Å². The summed E-state index contributed by atoms with van der Waals surface area (Å²) >= 11 is 0. The molecule has 0 bridgehead atoms. The molecule has 2 unspecified atom stereocenters. The van der Waals surface area contributed by atoms with Crippen LogP contribution in [-0.2, 0) is 19.4 Å². The van der Waals surface area contributed by atoms with E-state index in [1.165, 1.54) is 12.3 Å². The highest BCUT2D eigenvalue weighted by atomic mass is 32.2. The maximum absolute atomic E-state index is 12.1. The maximum atomic E-state index is 12.1. The summed E-state index contributed by atoms with van der Waals surface area (Å²) in [4.78, 5) is 12.3. The van der Waals surface area contributed by atoms with E-state index >= 15 is 0 Å². The van der Waals surface area contributed by atoms with Crippen molar-refractivity contribution in [3.8, 4) is 0 Å². The summed E-state index contributed by atoms with van der Waals surface area (Å²) in [5.74, 6) is -0.378. The van der Waals surface area contributed by atoms with Gasteiger partial charge in [0.15, 0.2) is 15.6 Å². The van der Waals surface area contributed by atoms with Crippen molar-refractivity contribution in [1.29, 1.82) is 0 Å². The van der Waals surface area contributed by atoms with Crippen LogP contribution < -0.4 is 0 Å². The molecule has 1 fully saturated rings. The van der Waals surface area contributed by atoms with Crippen molar-refractivity contribution in [3.05, 3.63) is 42.5 Å². The Balaban J connectivity index is 2.23. The second-order valence-corrected chi connectivity index (χ2v) is 7.39. The Hall–Kier alpha value is -1.46. The zero-order chi connectivity index (χ0) is 15.5. The van der Waals surface area contributed by atoms with E-state index in [0.717, 1.165) is 25.0 Å². The zero-order valence-electron chi connectivity index (χ0n) is 12.1. The molecule has 0 spiro atoms. The topological polar surface area (TPSA) is 60.4 Å². The van der Waals surface area contributed by atoms with Gasteiger partial charge in [0, 0.05) is 18.8 Å². The lowest BCUT2D eigenvalue weighted by atomic mass is 9.88. The zero-order valence-corrected chi connectivity index (χ0v) is 12.9.